The van der Waals surface area contributed by atoms with Crippen molar-refractivity contribution in [2.45, 2.75) is 0 Å². The van der Waals surface area contributed by atoms with Gasteiger partial charge in [0.1, 0.15) is 11.2 Å². The van der Waals surface area contributed by atoms with Gasteiger partial charge in [-0.1, -0.05) is 164 Å². The highest BCUT2D eigenvalue weighted by Gasteiger charge is 2.24. The molecule has 11 rings (SSSR count). The molecule has 0 bridgehead atoms. The summed E-state index contributed by atoms with van der Waals surface area (Å²) in [7, 11) is 0. The van der Waals surface area contributed by atoms with Crippen molar-refractivity contribution in [3.8, 4) is 62.1 Å². The van der Waals surface area contributed by atoms with Gasteiger partial charge in [-0.25, -0.2) is 15.0 Å². The average molecular weight is 717 g/mol. The molecule has 3 aromatic heterocycles. The van der Waals surface area contributed by atoms with Gasteiger partial charge in [0.05, 0.1) is 22.1 Å². The van der Waals surface area contributed by atoms with E-state index in [1.807, 2.05) is 48.5 Å². The van der Waals surface area contributed by atoms with Crippen LogP contribution in [0.15, 0.2) is 199 Å². The van der Waals surface area contributed by atoms with Crippen molar-refractivity contribution in [2.75, 3.05) is 0 Å². The molecule has 0 aliphatic rings. The van der Waals surface area contributed by atoms with Gasteiger partial charge >= 0.3 is 0 Å². The molecule has 5 heteroatoms. The van der Waals surface area contributed by atoms with Gasteiger partial charge in [0.25, 0.3) is 0 Å². The lowest BCUT2D eigenvalue weighted by molar-refractivity contribution is 0.673. The van der Waals surface area contributed by atoms with Crippen LogP contribution in [0, 0.1) is 0 Å². The Labute approximate surface area is 322 Å². The van der Waals surface area contributed by atoms with E-state index in [2.05, 4.69) is 150 Å². The second kappa shape index (κ2) is 13.0. The second-order valence-electron chi connectivity index (χ2n) is 14.0. The van der Waals surface area contributed by atoms with Crippen LogP contribution in [-0.2, 0) is 0 Å². The molecule has 8 aromatic carbocycles. The fourth-order valence-electron chi connectivity index (χ4n) is 8.07. The Hall–Kier alpha value is -7.63. The summed E-state index contributed by atoms with van der Waals surface area (Å²) >= 11 is 0. The molecule has 0 N–H and O–H groups in total. The minimum absolute atomic E-state index is 0.591. The molecule has 5 nitrogen and oxygen atoms in total. The topological polar surface area (TPSA) is 56.7 Å². The van der Waals surface area contributed by atoms with Crippen LogP contribution >= 0.6 is 0 Å². The Morgan fingerprint density at radius 2 is 0.893 bits per heavy atom. The predicted octanol–water partition coefficient (Wildman–Crippen LogP) is 13.2. The Balaban J connectivity index is 1.18. The number of aromatic nitrogens is 4. The summed E-state index contributed by atoms with van der Waals surface area (Å²) < 4.78 is 9.07. The molecule has 0 saturated carbocycles. The maximum atomic E-state index is 6.70. The minimum atomic E-state index is 0.591. The van der Waals surface area contributed by atoms with Crippen molar-refractivity contribution in [1.82, 2.24) is 19.5 Å². The van der Waals surface area contributed by atoms with Crippen molar-refractivity contribution < 1.29 is 4.42 Å². The highest BCUT2D eigenvalue weighted by Crippen LogP contribution is 2.44. The third-order valence-corrected chi connectivity index (χ3v) is 10.7. The smallest absolute Gasteiger partial charge is 0.166 e. The fraction of sp³-hybridized carbons (Fsp3) is 0. The Morgan fingerprint density at radius 1 is 0.357 bits per heavy atom. The van der Waals surface area contributed by atoms with E-state index in [1.165, 1.54) is 0 Å². The monoisotopic (exact) mass is 716 g/mol. The summed E-state index contributed by atoms with van der Waals surface area (Å²) in [5.74, 6) is 1.82. The summed E-state index contributed by atoms with van der Waals surface area (Å²) in [6, 6.07) is 67.3. The van der Waals surface area contributed by atoms with Gasteiger partial charge in [0, 0.05) is 38.4 Å². The van der Waals surface area contributed by atoms with Crippen LogP contribution in [0.1, 0.15) is 0 Å². The molecule has 11 aromatic rings. The number of rotatable bonds is 6. The first kappa shape index (κ1) is 31.9. The van der Waals surface area contributed by atoms with E-state index in [4.69, 9.17) is 19.4 Å². The molecule has 0 spiro atoms. The van der Waals surface area contributed by atoms with Gasteiger partial charge in [-0.15, -0.1) is 0 Å². The highest BCUT2D eigenvalue weighted by atomic mass is 16.3. The Kier molecular flexibility index (Phi) is 7.42. The molecule has 3 heterocycles. The molecule has 0 saturated heterocycles. The molecule has 0 aliphatic carbocycles. The molecule has 0 amide bonds. The van der Waals surface area contributed by atoms with Crippen molar-refractivity contribution in [1.29, 1.82) is 0 Å². The summed E-state index contributed by atoms with van der Waals surface area (Å²) in [5, 5.41) is 4.38. The maximum absolute atomic E-state index is 6.70. The minimum Gasteiger partial charge on any atom is -0.455 e. The zero-order valence-electron chi connectivity index (χ0n) is 30.2. The van der Waals surface area contributed by atoms with E-state index in [9.17, 15) is 0 Å². The van der Waals surface area contributed by atoms with E-state index >= 15 is 0 Å². The standard InChI is InChI=1S/C51H32N4O/c1-4-15-33(16-5-1)34-27-29-37(30-28-34)50-52-49(36-19-8-3-9-20-36)53-51(54-50)41-22-10-12-25-43(41)55-44-32-31-40-39-21-11-13-26-45(39)56-48(40)46(44)42-24-14-23-38(47(42)55)35-17-6-2-7-18-35/h1-32H. The summed E-state index contributed by atoms with van der Waals surface area (Å²) in [4.78, 5) is 15.5. The highest BCUT2D eigenvalue weighted by molar-refractivity contribution is 6.25. The van der Waals surface area contributed by atoms with Crippen LogP contribution in [0.25, 0.3) is 106 Å². The van der Waals surface area contributed by atoms with Gasteiger partial charge in [-0.3, -0.25) is 0 Å². The van der Waals surface area contributed by atoms with Gasteiger partial charge in [0.15, 0.2) is 17.5 Å². The first-order chi connectivity index (χ1) is 27.8. The lowest BCUT2D eigenvalue weighted by atomic mass is 10.0. The molecule has 0 unspecified atom stereocenters. The third kappa shape index (κ3) is 5.21. The Bertz CT molecular complexity index is 3220. The molecule has 0 radical (unpaired) electrons. The number of furan rings is 1. The van der Waals surface area contributed by atoms with Crippen molar-refractivity contribution in [2.24, 2.45) is 0 Å². The van der Waals surface area contributed by atoms with Crippen LogP contribution < -0.4 is 0 Å². The zero-order chi connectivity index (χ0) is 37.0. The van der Waals surface area contributed by atoms with E-state index < -0.39 is 0 Å². The van der Waals surface area contributed by atoms with Crippen molar-refractivity contribution >= 4 is 43.7 Å². The second-order valence-corrected chi connectivity index (χ2v) is 14.0. The van der Waals surface area contributed by atoms with E-state index in [-0.39, 0.29) is 0 Å². The largest absolute Gasteiger partial charge is 0.455 e. The molecule has 0 atom stereocenters. The normalized spacial score (nSPS) is 11.6. The predicted molar refractivity (Wildman–Crippen MR) is 229 cm³/mol. The molecule has 0 fully saturated rings. The number of hydrogen-bond acceptors (Lipinski definition) is 4. The van der Waals surface area contributed by atoms with Crippen molar-refractivity contribution in [3.05, 3.63) is 194 Å². The van der Waals surface area contributed by atoms with Gasteiger partial charge < -0.3 is 8.98 Å². The zero-order valence-corrected chi connectivity index (χ0v) is 30.2. The fourth-order valence-corrected chi connectivity index (χ4v) is 8.07. The first-order valence-electron chi connectivity index (χ1n) is 18.8. The van der Waals surface area contributed by atoms with Crippen molar-refractivity contribution in [3.63, 3.8) is 0 Å². The van der Waals surface area contributed by atoms with Crippen LogP contribution in [0.5, 0.6) is 0 Å². The molecule has 56 heavy (non-hydrogen) atoms. The molecular weight excluding hydrogens is 685 g/mol. The molecular formula is C51H32N4O. The van der Waals surface area contributed by atoms with Gasteiger partial charge in [0.2, 0.25) is 0 Å². The Morgan fingerprint density at radius 3 is 1.64 bits per heavy atom. The van der Waals surface area contributed by atoms with Crippen LogP contribution in [0.4, 0.5) is 0 Å². The number of nitrogens with zero attached hydrogens (tertiary/aromatic N) is 4. The van der Waals surface area contributed by atoms with Crippen LogP contribution in [-0.4, -0.2) is 19.5 Å². The maximum Gasteiger partial charge on any atom is 0.166 e. The van der Waals surface area contributed by atoms with Gasteiger partial charge in [-0.05, 0) is 47.0 Å². The van der Waals surface area contributed by atoms with E-state index in [0.717, 1.165) is 88.4 Å². The van der Waals surface area contributed by atoms with Crippen LogP contribution in [0.2, 0.25) is 0 Å². The summed E-state index contributed by atoms with van der Waals surface area (Å²) in [6.07, 6.45) is 0. The summed E-state index contributed by atoms with van der Waals surface area (Å²) in [6.45, 7) is 0. The van der Waals surface area contributed by atoms with Crippen LogP contribution in [0.3, 0.4) is 0 Å². The van der Waals surface area contributed by atoms with E-state index in [0.29, 0.717) is 17.5 Å². The summed E-state index contributed by atoms with van der Waals surface area (Å²) in [5.41, 5.74) is 12.1. The number of hydrogen-bond donors (Lipinski definition) is 0. The average Bonchev–Trinajstić information content (AvgIpc) is 3.83. The molecule has 262 valence electrons. The number of benzene rings is 8. The lowest BCUT2D eigenvalue weighted by Crippen LogP contribution is -2.04. The third-order valence-electron chi connectivity index (χ3n) is 10.7. The lowest BCUT2D eigenvalue weighted by Gasteiger charge is -2.16. The quantitative estimate of drug-likeness (QED) is 0.172. The van der Waals surface area contributed by atoms with Gasteiger partial charge in [-0.2, -0.15) is 0 Å². The number of para-hydroxylation sites is 3. The number of fused-ring (bicyclic) bond motifs is 7. The van der Waals surface area contributed by atoms with E-state index in [1.54, 1.807) is 0 Å². The first-order valence-corrected chi connectivity index (χ1v) is 18.8. The SMILES string of the molecule is c1ccc(-c2ccc(-c3nc(-c4ccccc4)nc(-c4ccccc4-n4c5ccc6c7ccccc7oc6c5c5cccc(-c6ccccc6)c54)n3)cc2)cc1. The molecule has 0 aliphatic heterocycles.